The van der Waals surface area contributed by atoms with Gasteiger partial charge in [-0.1, -0.05) is 178 Å². The highest BCUT2D eigenvalue weighted by atomic mass is 32.1. The molecule has 11 rings (SSSR count). The largest absolute Gasteiger partial charge is 0.311 e. The summed E-state index contributed by atoms with van der Waals surface area (Å²) in [6, 6.07) is 73.4. The molecule has 0 atom stereocenters. The van der Waals surface area contributed by atoms with Crippen molar-refractivity contribution < 1.29 is 0 Å². The van der Waals surface area contributed by atoms with E-state index in [4.69, 9.17) is 0 Å². The number of nitrogens with zero attached hydrogens (tertiary/aromatic N) is 1. The fraction of sp³-hybridized carbons (Fsp3) is 0.0545. The second-order valence-electron chi connectivity index (χ2n) is 15.7. The molecule has 1 aliphatic rings. The smallest absolute Gasteiger partial charge is 0.0462 e. The summed E-state index contributed by atoms with van der Waals surface area (Å²) in [7, 11) is 0. The van der Waals surface area contributed by atoms with Gasteiger partial charge in [0.1, 0.15) is 0 Å². The highest BCUT2D eigenvalue weighted by molar-refractivity contribution is 7.27. The van der Waals surface area contributed by atoms with Crippen LogP contribution in [0.5, 0.6) is 0 Å². The molecular formula is C55H39NS. The zero-order chi connectivity index (χ0) is 38.1. The third-order valence-corrected chi connectivity index (χ3v) is 13.4. The van der Waals surface area contributed by atoms with Crippen molar-refractivity contribution in [1.82, 2.24) is 0 Å². The van der Waals surface area contributed by atoms with Crippen LogP contribution < -0.4 is 4.90 Å². The molecule has 0 aliphatic heterocycles. The van der Waals surface area contributed by atoms with Gasteiger partial charge in [-0.05, 0) is 97.2 Å². The van der Waals surface area contributed by atoms with Gasteiger partial charge in [0.05, 0.1) is 0 Å². The molecule has 1 aliphatic carbocycles. The van der Waals surface area contributed by atoms with Crippen molar-refractivity contribution in [2.75, 3.05) is 4.90 Å². The zero-order valence-electron chi connectivity index (χ0n) is 31.9. The van der Waals surface area contributed by atoms with Crippen LogP contribution in [0.1, 0.15) is 25.0 Å². The Kier molecular flexibility index (Phi) is 7.77. The van der Waals surface area contributed by atoms with Gasteiger partial charge in [-0.2, -0.15) is 0 Å². The summed E-state index contributed by atoms with van der Waals surface area (Å²) in [6.45, 7) is 4.73. The molecule has 0 fully saturated rings. The maximum atomic E-state index is 2.38. The molecule has 270 valence electrons. The summed E-state index contributed by atoms with van der Waals surface area (Å²) in [5.41, 5.74) is 16.3. The molecule has 10 aromatic rings. The number of thiophene rings is 1. The minimum atomic E-state index is -0.0149. The molecule has 0 spiro atoms. The van der Waals surface area contributed by atoms with Gasteiger partial charge in [-0.25, -0.2) is 0 Å². The lowest BCUT2D eigenvalue weighted by molar-refractivity contribution is 0.661. The zero-order valence-corrected chi connectivity index (χ0v) is 32.7. The van der Waals surface area contributed by atoms with E-state index in [9.17, 15) is 0 Å². The molecule has 0 amide bonds. The molecule has 1 heterocycles. The van der Waals surface area contributed by atoms with Crippen molar-refractivity contribution in [2.24, 2.45) is 0 Å². The van der Waals surface area contributed by atoms with Crippen LogP contribution in [0.3, 0.4) is 0 Å². The normalized spacial score (nSPS) is 12.9. The maximum absolute atomic E-state index is 2.38. The van der Waals surface area contributed by atoms with Crippen molar-refractivity contribution >= 4 is 59.3 Å². The van der Waals surface area contributed by atoms with Crippen LogP contribution in [-0.2, 0) is 5.41 Å². The lowest BCUT2D eigenvalue weighted by Crippen LogP contribution is -2.14. The summed E-state index contributed by atoms with van der Waals surface area (Å²) in [6.07, 6.45) is 0. The first-order chi connectivity index (χ1) is 28.0. The minimum Gasteiger partial charge on any atom is -0.311 e. The number of hydrogen-bond donors (Lipinski definition) is 0. The highest BCUT2D eigenvalue weighted by Gasteiger charge is 2.36. The molecule has 0 saturated carbocycles. The Morgan fingerprint density at radius 1 is 0.351 bits per heavy atom. The number of rotatable bonds is 6. The Morgan fingerprint density at radius 2 is 0.860 bits per heavy atom. The average molecular weight is 746 g/mol. The number of anilines is 3. The van der Waals surface area contributed by atoms with E-state index >= 15 is 0 Å². The molecule has 9 aromatic carbocycles. The van der Waals surface area contributed by atoms with Gasteiger partial charge in [-0.3, -0.25) is 0 Å². The molecule has 2 heteroatoms. The first-order valence-corrected chi connectivity index (χ1v) is 20.6. The molecule has 0 unspecified atom stereocenters. The van der Waals surface area contributed by atoms with E-state index in [2.05, 4.69) is 219 Å². The van der Waals surface area contributed by atoms with E-state index in [1.54, 1.807) is 0 Å². The standard InChI is InChI=1S/C55H39NS/c1-55(2)50-21-9-8-17-49(50)52-51(55)35-34-48-47-20-11-19-46(53(47)57-54(48)52)40-26-32-43(33-27-40)56(41-28-22-37(23-29-41)36-12-4-3-5-13-36)42-30-24-39(25-31-42)45-18-10-15-38-14-6-7-16-44(38)45/h3-35H,1-2H3. The van der Waals surface area contributed by atoms with Crippen molar-refractivity contribution in [1.29, 1.82) is 0 Å². The van der Waals surface area contributed by atoms with Crippen molar-refractivity contribution in [3.63, 3.8) is 0 Å². The predicted octanol–water partition coefficient (Wildman–Crippen LogP) is 16.0. The van der Waals surface area contributed by atoms with E-state index in [-0.39, 0.29) is 5.41 Å². The predicted molar refractivity (Wildman–Crippen MR) is 245 cm³/mol. The summed E-state index contributed by atoms with van der Waals surface area (Å²) in [4.78, 5) is 2.37. The average Bonchev–Trinajstić information content (AvgIpc) is 3.77. The molecule has 0 radical (unpaired) electrons. The van der Waals surface area contributed by atoms with Crippen LogP contribution >= 0.6 is 11.3 Å². The van der Waals surface area contributed by atoms with Gasteiger partial charge in [0.15, 0.2) is 0 Å². The Balaban J connectivity index is 1.00. The summed E-state index contributed by atoms with van der Waals surface area (Å²) in [5, 5.41) is 5.19. The minimum absolute atomic E-state index is 0.0149. The topological polar surface area (TPSA) is 3.24 Å². The molecular weight excluding hydrogens is 707 g/mol. The molecule has 57 heavy (non-hydrogen) atoms. The van der Waals surface area contributed by atoms with Gasteiger partial charge in [-0.15, -0.1) is 11.3 Å². The number of benzene rings is 9. The van der Waals surface area contributed by atoms with Crippen LogP contribution in [-0.4, -0.2) is 0 Å². The Labute approximate surface area is 337 Å². The molecule has 1 nitrogen and oxygen atoms in total. The van der Waals surface area contributed by atoms with E-state index in [1.807, 2.05) is 11.3 Å². The van der Waals surface area contributed by atoms with E-state index in [1.165, 1.54) is 86.6 Å². The monoisotopic (exact) mass is 745 g/mol. The van der Waals surface area contributed by atoms with Crippen LogP contribution in [0.25, 0.3) is 75.5 Å². The van der Waals surface area contributed by atoms with Gasteiger partial charge < -0.3 is 4.90 Å². The van der Waals surface area contributed by atoms with Crippen LogP contribution in [0.2, 0.25) is 0 Å². The van der Waals surface area contributed by atoms with Gasteiger partial charge in [0, 0.05) is 48.2 Å². The van der Waals surface area contributed by atoms with Crippen LogP contribution in [0.4, 0.5) is 17.1 Å². The fourth-order valence-corrected chi connectivity index (χ4v) is 10.6. The fourth-order valence-electron chi connectivity index (χ4n) is 9.21. The van der Waals surface area contributed by atoms with Crippen molar-refractivity contribution in [2.45, 2.75) is 19.3 Å². The lowest BCUT2D eigenvalue weighted by atomic mass is 9.82. The SMILES string of the molecule is CC1(C)c2ccccc2-c2c1ccc1c2sc2c(-c3ccc(N(c4ccc(-c5ccccc5)cc4)c4ccc(-c5cccc6ccccc56)cc4)cc3)cccc21. The van der Waals surface area contributed by atoms with Crippen LogP contribution in [0.15, 0.2) is 200 Å². The van der Waals surface area contributed by atoms with Crippen molar-refractivity contribution in [3.8, 4) is 44.5 Å². The van der Waals surface area contributed by atoms with E-state index < -0.39 is 0 Å². The Hall–Kier alpha value is -6.74. The molecule has 0 saturated heterocycles. The molecule has 0 bridgehead atoms. The molecule has 1 aromatic heterocycles. The lowest BCUT2D eigenvalue weighted by Gasteiger charge is -2.26. The summed E-state index contributed by atoms with van der Waals surface area (Å²) < 4.78 is 2.73. The van der Waals surface area contributed by atoms with E-state index in [0.29, 0.717) is 0 Å². The van der Waals surface area contributed by atoms with Gasteiger partial charge >= 0.3 is 0 Å². The number of fused-ring (bicyclic) bond motifs is 8. The Morgan fingerprint density at radius 3 is 1.60 bits per heavy atom. The second kappa shape index (κ2) is 13.2. The van der Waals surface area contributed by atoms with E-state index in [0.717, 1.165) is 17.1 Å². The van der Waals surface area contributed by atoms with Gasteiger partial charge in [0.25, 0.3) is 0 Å². The first-order valence-electron chi connectivity index (χ1n) is 19.8. The quantitative estimate of drug-likeness (QED) is 0.164. The van der Waals surface area contributed by atoms with Gasteiger partial charge in [0.2, 0.25) is 0 Å². The highest BCUT2D eigenvalue weighted by Crippen LogP contribution is 2.54. The Bertz CT molecular complexity index is 3110. The third kappa shape index (κ3) is 5.44. The second-order valence-corrected chi connectivity index (χ2v) is 16.7. The van der Waals surface area contributed by atoms with Crippen molar-refractivity contribution in [3.05, 3.63) is 211 Å². The number of hydrogen-bond acceptors (Lipinski definition) is 2. The summed E-state index contributed by atoms with van der Waals surface area (Å²) >= 11 is 1.95. The molecule has 0 N–H and O–H groups in total. The third-order valence-electron chi connectivity index (χ3n) is 12.1. The summed E-state index contributed by atoms with van der Waals surface area (Å²) in [5.74, 6) is 0. The first kappa shape index (κ1) is 33.6. The van der Waals surface area contributed by atoms with Crippen LogP contribution in [0, 0.1) is 0 Å². The maximum Gasteiger partial charge on any atom is 0.0462 e.